The molecule has 2 heterocycles. The van der Waals surface area contributed by atoms with Gasteiger partial charge in [-0.05, 0) is 19.1 Å². The molecule has 0 saturated carbocycles. The zero-order valence-electron chi connectivity index (χ0n) is 12.0. The lowest BCUT2D eigenvalue weighted by Gasteiger charge is -2.07. The molecule has 0 unspecified atom stereocenters. The van der Waals surface area contributed by atoms with Gasteiger partial charge in [0.15, 0.2) is 11.2 Å². The van der Waals surface area contributed by atoms with Crippen LogP contribution in [0.5, 0.6) is 0 Å². The Hall–Kier alpha value is -2.48. The first-order chi connectivity index (χ1) is 10.7. The van der Waals surface area contributed by atoms with Crippen LogP contribution < -0.4 is 0 Å². The molecule has 0 radical (unpaired) electrons. The monoisotopic (exact) mass is 315 g/mol. The number of esters is 1. The van der Waals surface area contributed by atoms with Crippen LogP contribution in [-0.2, 0) is 9.53 Å². The van der Waals surface area contributed by atoms with Gasteiger partial charge in [0, 0.05) is 0 Å². The molecule has 0 aliphatic heterocycles. The third-order valence-corrected chi connectivity index (χ3v) is 4.09. The number of aromatic nitrogens is 5. The average molecular weight is 315 g/mol. The van der Waals surface area contributed by atoms with E-state index in [1.165, 1.54) is 25.2 Å². The van der Waals surface area contributed by atoms with Crippen LogP contribution in [0, 0.1) is 0 Å². The highest BCUT2D eigenvalue weighted by Crippen LogP contribution is 2.27. The minimum atomic E-state index is -0.384. The molecular weight excluding hydrogens is 302 g/mol. The highest BCUT2D eigenvalue weighted by atomic mass is 32.2. The number of carbonyl (C=O) groups excluding carboxylic acids is 1. The van der Waals surface area contributed by atoms with Crippen molar-refractivity contribution in [3.8, 4) is 5.69 Å². The van der Waals surface area contributed by atoms with Crippen LogP contribution in [0.1, 0.15) is 6.92 Å². The third-order valence-electron chi connectivity index (χ3n) is 3.03. The van der Waals surface area contributed by atoms with Gasteiger partial charge < -0.3 is 4.74 Å². The summed E-state index contributed by atoms with van der Waals surface area (Å²) in [7, 11) is 1.36. The molecule has 0 saturated heterocycles. The van der Waals surface area contributed by atoms with Crippen LogP contribution in [0.25, 0.3) is 16.9 Å². The van der Waals surface area contributed by atoms with Crippen molar-refractivity contribution in [1.29, 1.82) is 0 Å². The van der Waals surface area contributed by atoms with E-state index in [1.807, 2.05) is 30.3 Å². The minimum Gasteiger partial charge on any atom is -0.468 e. The Morgan fingerprint density at radius 1 is 1.27 bits per heavy atom. The summed E-state index contributed by atoms with van der Waals surface area (Å²) in [6, 6.07) is 9.59. The molecule has 3 rings (SSSR count). The van der Waals surface area contributed by atoms with E-state index in [0.717, 1.165) is 5.69 Å². The highest BCUT2D eigenvalue weighted by Gasteiger charge is 2.20. The summed E-state index contributed by atoms with van der Waals surface area (Å²) in [5.74, 6) is -0.313. The first-order valence-electron chi connectivity index (χ1n) is 6.57. The molecule has 0 aliphatic rings. The highest BCUT2D eigenvalue weighted by molar-refractivity contribution is 8.00. The molecule has 2 aromatic heterocycles. The van der Waals surface area contributed by atoms with Crippen LogP contribution in [0.3, 0.4) is 0 Å². The lowest BCUT2D eigenvalue weighted by molar-refractivity contribution is -0.139. The van der Waals surface area contributed by atoms with E-state index in [0.29, 0.717) is 16.2 Å². The van der Waals surface area contributed by atoms with Crippen molar-refractivity contribution >= 4 is 28.9 Å². The van der Waals surface area contributed by atoms with Gasteiger partial charge in [0.2, 0.25) is 0 Å². The number of para-hydroxylation sites is 1. The van der Waals surface area contributed by atoms with E-state index in [9.17, 15) is 4.79 Å². The molecular formula is C14H13N5O2S. The maximum atomic E-state index is 11.6. The maximum Gasteiger partial charge on any atom is 0.318 e. The van der Waals surface area contributed by atoms with Gasteiger partial charge >= 0.3 is 5.97 Å². The summed E-state index contributed by atoms with van der Waals surface area (Å²) in [5.41, 5.74) is 2.02. The molecule has 1 atom stereocenters. The zero-order valence-corrected chi connectivity index (χ0v) is 12.8. The number of nitrogens with zero attached hydrogens (tertiary/aromatic N) is 5. The van der Waals surface area contributed by atoms with E-state index in [-0.39, 0.29) is 11.2 Å². The van der Waals surface area contributed by atoms with Crippen LogP contribution in [0.4, 0.5) is 0 Å². The second-order valence-electron chi connectivity index (χ2n) is 4.47. The lowest BCUT2D eigenvalue weighted by atomic mass is 10.3. The molecule has 0 aliphatic carbocycles. The predicted octanol–water partition coefficient (Wildman–Crippen LogP) is 1.86. The molecule has 0 bridgehead atoms. The molecule has 3 aromatic rings. The van der Waals surface area contributed by atoms with Gasteiger partial charge in [-0.1, -0.05) is 35.2 Å². The Kier molecular flexibility index (Phi) is 4.01. The van der Waals surface area contributed by atoms with Crippen molar-refractivity contribution in [2.24, 2.45) is 0 Å². The fraction of sp³-hybridized carbons (Fsp3) is 0.214. The first kappa shape index (κ1) is 14.5. The molecule has 22 heavy (non-hydrogen) atoms. The Labute approximate surface area is 130 Å². The third kappa shape index (κ3) is 2.64. The van der Waals surface area contributed by atoms with Gasteiger partial charge in [-0.3, -0.25) is 4.79 Å². The van der Waals surface area contributed by atoms with Gasteiger partial charge in [0.25, 0.3) is 0 Å². The van der Waals surface area contributed by atoms with E-state index in [1.54, 1.807) is 11.6 Å². The molecule has 112 valence electrons. The number of fused-ring (bicyclic) bond motifs is 1. The number of hydrogen-bond donors (Lipinski definition) is 0. The normalized spacial score (nSPS) is 12.3. The second-order valence-corrected chi connectivity index (χ2v) is 5.80. The number of benzene rings is 1. The van der Waals surface area contributed by atoms with Gasteiger partial charge in [-0.25, -0.2) is 9.97 Å². The number of ether oxygens (including phenoxy) is 1. The summed E-state index contributed by atoms with van der Waals surface area (Å²) in [6.07, 6.45) is 1.44. The lowest BCUT2D eigenvalue weighted by Crippen LogP contribution is -2.14. The van der Waals surface area contributed by atoms with Crippen LogP contribution in [0.2, 0.25) is 0 Å². The van der Waals surface area contributed by atoms with Crippen LogP contribution >= 0.6 is 11.8 Å². The number of carbonyl (C=O) groups is 1. The molecule has 0 amide bonds. The Morgan fingerprint density at radius 2 is 2.05 bits per heavy atom. The molecule has 0 fully saturated rings. The fourth-order valence-corrected chi connectivity index (χ4v) is 2.82. The topological polar surface area (TPSA) is 82.8 Å². The summed E-state index contributed by atoms with van der Waals surface area (Å²) in [4.78, 5) is 20.0. The SMILES string of the molecule is COC(=O)[C@H](C)Sc1ncnc2c1nnn2-c1ccccc1. The van der Waals surface area contributed by atoms with Crippen LogP contribution in [0.15, 0.2) is 41.7 Å². The largest absolute Gasteiger partial charge is 0.468 e. The van der Waals surface area contributed by atoms with E-state index < -0.39 is 0 Å². The smallest absolute Gasteiger partial charge is 0.318 e. The van der Waals surface area contributed by atoms with Crippen molar-refractivity contribution in [2.75, 3.05) is 7.11 Å². The molecule has 1 aromatic carbocycles. The van der Waals surface area contributed by atoms with E-state index in [4.69, 9.17) is 4.74 Å². The number of rotatable bonds is 4. The standard InChI is InChI=1S/C14H13N5O2S/c1-9(14(20)21-2)22-13-11-12(15-8-16-13)19(18-17-11)10-6-4-3-5-7-10/h3-9H,1-2H3/t9-/m0/s1. The number of hydrogen-bond acceptors (Lipinski definition) is 7. The Morgan fingerprint density at radius 3 is 2.77 bits per heavy atom. The Balaban J connectivity index is 2.01. The number of thioether (sulfide) groups is 1. The summed E-state index contributed by atoms with van der Waals surface area (Å²) in [6.45, 7) is 1.76. The molecule has 0 spiro atoms. The maximum absolute atomic E-state index is 11.6. The first-order valence-corrected chi connectivity index (χ1v) is 7.45. The summed E-state index contributed by atoms with van der Waals surface area (Å²) >= 11 is 1.27. The number of methoxy groups -OCH3 is 1. The van der Waals surface area contributed by atoms with Crippen molar-refractivity contribution in [3.63, 3.8) is 0 Å². The quantitative estimate of drug-likeness (QED) is 0.413. The molecule has 7 nitrogen and oxygen atoms in total. The van der Waals surface area contributed by atoms with Gasteiger partial charge in [0.1, 0.15) is 16.6 Å². The Bertz CT molecular complexity index is 805. The zero-order chi connectivity index (χ0) is 15.5. The van der Waals surface area contributed by atoms with E-state index in [2.05, 4.69) is 20.3 Å². The van der Waals surface area contributed by atoms with Crippen molar-refractivity contribution in [3.05, 3.63) is 36.7 Å². The summed E-state index contributed by atoms with van der Waals surface area (Å²) < 4.78 is 6.37. The van der Waals surface area contributed by atoms with Crippen molar-refractivity contribution in [1.82, 2.24) is 25.0 Å². The van der Waals surface area contributed by atoms with Crippen molar-refractivity contribution < 1.29 is 9.53 Å². The van der Waals surface area contributed by atoms with Gasteiger partial charge in [-0.15, -0.1) is 5.10 Å². The van der Waals surface area contributed by atoms with Crippen molar-refractivity contribution in [2.45, 2.75) is 17.2 Å². The van der Waals surface area contributed by atoms with Gasteiger partial charge in [0.05, 0.1) is 12.8 Å². The molecule has 8 heteroatoms. The average Bonchev–Trinajstić information content (AvgIpc) is 3.00. The minimum absolute atomic E-state index is 0.313. The van der Waals surface area contributed by atoms with E-state index >= 15 is 0 Å². The second kappa shape index (κ2) is 6.10. The van der Waals surface area contributed by atoms with Crippen LogP contribution in [-0.4, -0.2) is 43.3 Å². The fourth-order valence-electron chi connectivity index (χ4n) is 1.94. The summed E-state index contributed by atoms with van der Waals surface area (Å²) in [5, 5.41) is 8.50. The van der Waals surface area contributed by atoms with Gasteiger partial charge in [-0.2, -0.15) is 4.68 Å². The predicted molar refractivity (Wildman–Crippen MR) is 81.8 cm³/mol. The molecule has 0 N–H and O–H groups in total.